The average Bonchev–Trinajstić information content (AvgIpc) is 2.63. The van der Waals surface area contributed by atoms with Crippen LogP contribution in [0.25, 0.3) is 0 Å². The van der Waals surface area contributed by atoms with E-state index in [9.17, 15) is 4.39 Å². The summed E-state index contributed by atoms with van der Waals surface area (Å²) in [6.45, 7) is 3.50. The molecule has 17 heavy (non-hydrogen) atoms. The van der Waals surface area contributed by atoms with E-state index in [0.29, 0.717) is 11.6 Å². The van der Waals surface area contributed by atoms with Crippen LogP contribution in [0.2, 0.25) is 5.02 Å². The summed E-state index contributed by atoms with van der Waals surface area (Å²) >= 11 is 7.48. The van der Waals surface area contributed by atoms with Crippen LogP contribution in [-0.2, 0) is 13.1 Å². The summed E-state index contributed by atoms with van der Waals surface area (Å²) in [6, 6.07) is 4.59. The molecule has 1 N–H and O–H groups in total. The SMILES string of the molecule is Cc1cscc1CNCc1cc(F)cc(Cl)c1. The van der Waals surface area contributed by atoms with Crippen LogP contribution in [0.1, 0.15) is 16.7 Å². The van der Waals surface area contributed by atoms with E-state index in [1.54, 1.807) is 17.4 Å². The van der Waals surface area contributed by atoms with Gasteiger partial charge in [0.05, 0.1) is 0 Å². The molecule has 2 aromatic rings. The van der Waals surface area contributed by atoms with Gasteiger partial charge in [-0.2, -0.15) is 11.3 Å². The summed E-state index contributed by atoms with van der Waals surface area (Å²) in [5, 5.41) is 7.97. The maximum absolute atomic E-state index is 13.1. The molecule has 0 aliphatic rings. The third-order valence-corrected chi connectivity index (χ3v) is 3.66. The minimum absolute atomic E-state index is 0.291. The molecule has 2 rings (SSSR count). The zero-order chi connectivity index (χ0) is 12.3. The molecule has 1 aromatic heterocycles. The van der Waals surface area contributed by atoms with Crippen LogP contribution in [0.15, 0.2) is 29.0 Å². The van der Waals surface area contributed by atoms with Gasteiger partial charge in [0.25, 0.3) is 0 Å². The fourth-order valence-corrected chi connectivity index (χ4v) is 2.72. The van der Waals surface area contributed by atoms with E-state index in [4.69, 9.17) is 11.6 Å². The highest BCUT2D eigenvalue weighted by atomic mass is 35.5. The number of nitrogens with one attached hydrogen (secondary N) is 1. The minimum atomic E-state index is -0.291. The van der Waals surface area contributed by atoms with Gasteiger partial charge in [-0.05, 0) is 52.6 Å². The van der Waals surface area contributed by atoms with Crippen molar-refractivity contribution in [3.8, 4) is 0 Å². The van der Waals surface area contributed by atoms with Gasteiger partial charge in [-0.3, -0.25) is 0 Å². The lowest BCUT2D eigenvalue weighted by Gasteiger charge is -2.05. The Morgan fingerprint density at radius 3 is 2.71 bits per heavy atom. The Morgan fingerprint density at radius 1 is 1.24 bits per heavy atom. The second-order valence-electron chi connectivity index (χ2n) is 3.96. The number of aryl methyl sites for hydroxylation is 1. The molecule has 0 amide bonds. The van der Waals surface area contributed by atoms with Crippen LogP contribution in [0, 0.1) is 12.7 Å². The lowest BCUT2D eigenvalue weighted by molar-refractivity contribution is 0.620. The van der Waals surface area contributed by atoms with Crippen LogP contribution >= 0.6 is 22.9 Å². The summed E-state index contributed by atoms with van der Waals surface area (Å²) in [5.41, 5.74) is 3.44. The molecule has 0 bridgehead atoms. The molecule has 0 saturated heterocycles. The van der Waals surface area contributed by atoms with Gasteiger partial charge in [0, 0.05) is 18.1 Å². The van der Waals surface area contributed by atoms with E-state index in [1.165, 1.54) is 23.3 Å². The molecule has 0 atom stereocenters. The molecular weight excluding hydrogens is 257 g/mol. The standard InChI is InChI=1S/C13H13ClFNS/c1-9-7-17-8-11(9)6-16-5-10-2-12(14)4-13(15)3-10/h2-4,7-8,16H,5-6H2,1H3. The second-order valence-corrected chi connectivity index (χ2v) is 5.14. The van der Waals surface area contributed by atoms with Crippen molar-refractivity contribution in [2.45, 2.75) is 20.0 Å². The van der Waals surface area contributed by atoms with E-state index in [2.05, 4.69) is 23.0 Å². The maximum atomic E-state index is 13.1. The minimum Gasteiger partial charge on any atom is -0.309 e. The molecule has 0 aliphatic carbocycles. The van der Waals surface area contributed by atoms with Crippen molar-refractivity contribution in [1.82, 2.24) is 5.32 Å². The Bertz CT molecular complexity index is 490. The summed E-state index contributed by atoms with van der Waals surface area (Å²) in [4.78, 5) is 0. The first-order valence-electron chi connectivity index (χ1n) is 5.32. The van der Waals surface area contributed by atoms with Gasteiger partial charge in [-0.1, -0.05) is 11.6 Å². The number of benzene rings is 1. The molecule has 0 radical (unpaired) electrons. The van der Waals surface area contributed by atoms with Crippen LogP contribution in [-0.4, -0.2) is 0 Å². The largest absolute Gasteiger partial charge is 0.309 e. The summed E-state index contributed by atoms with van der Waals surface area (Å²) in [6.07, 6.45) is 0. The molecular formula is C13H13ClFNS. The van der Waals surface area contributed by atoms with Crippen molar-refractivity contribution in [2.75, 3.05) is 0 Å². The van der Waals surface area contributed by atoms with Crippen molar-refractivity contribution < 1.29 is 4.39 Å². The van der Waals surface area contributed by atoms with Gasteiger partial charge >= 0.3 is 0 Å². The third kappa shape index (κ3) is 3.53. The molecule has 0 aliphatic heterocycles. The van der Waals surface area contributed by atoms with Crippen LogP contribution < -0.4 is 5.32 Å². The Labute approximate surface area is 109 Å². The molecule has 0 unspecified atom stereocenters. The first-order chi connectivity index (χ1) is 8.15. The first kappa shape index (κ1) is 12.6. The Balaban J connectivity index is 1.92. The summed E-state index contributed by atoms with van der Waals surface area (Å²) in [7, 11) is 0. The van der Waals surface area contributed by atoms with Crippen molar-refractivity contribution in [2.24, 2.45) is 0 Å². The van der Waals surface area contributed by atoms with Crippen LogP contribution in [0.5, 0.6) is 0 Å². The fourth-order valence-electron chi connectivity index (χ4n) is 1.62. The second kappa shape index (κ2) is 5.63. The van der Waals surface area contributed by atoms with Crippen LogP contribution in [0.4, 0.5) is 4.39 Å². The molecule has 1 nitrogen and oxygen atoms in total. The average molecular weight is 270 g/mol. The number of halogens is 2. The third-order valence-electron chi connectivity index (χ3n) is 2.53. The Hall–Kier alpha value is -0.900. The summed E-state index contributed by atoms with van der Waals surface area (Å²) in [5.74, 6) is -0.291. The predicted octanol–water partition coefficient (Wildman–Crippen LogP) is 4.14. The molecule has 1 heterocycles. The van der Waals surface area contributed by atoms with Gasteiger partial charge < -0.3 is 5.32 Å². The van der Waals surface area contributed by atoms with E-state index in [-0.39, 0.29) is 5.82 Å². The van der Waals surface area contributed by atoms with Crippen molar-refractivity contribution in [3.05, 3.63) is 56.5 Å². The maximum Gasteiger partial charge on any atom is 0.125 e. The quantitative estimate of drug-likeness (QED) is 0.880. The number of rotatable bonds is 4. The van der Waals surface area contributed by atoms with E-state index >= 15 is 0 Å². The monoisotopic (exact) mass is 269 g/mol. The lowest BCUT2D eigenvalue weighted by atomic mass is 10.2. The van der Waals surface area contributed by atoms with E-state index in [0.717, 1.165) is 12.1 Å². The molecule has 0 fully saturated rings. The number of hydrogen-bond acceptors (Lipinski definition) is 2. The normalized spacial score (nSPS) is 10.8. The highest BCUT2D eigenvalue weighted by molar-refractivity contribution is 7.08. The Morgan fingerprint density at radius 2 is 2.06 bits per heavy atom. The van der Waals surface area contributed by atoms with Gasteiger partial charge in [0.1, 0.15) is 5.82 Å². The van der Waals surface area contributed by atoms with E-state index < -0.39 is 0 Å². The molecule has 90 valence electrons. The topological polar surface area (TPSA) is 12.0 Å². The van der Waals surface area contributed by atoms with Gasteiger partial charge in [-0.25, -0.2) is 4.39 Å². The predicted molar refractivity (Wildman–Crippen MR) is 71.0 cm³/mol. The molecule has 0 spiro atoms. The van der Waals surface area contributed by atoms with E-state index in [1.807, 2.05) is 0 Å². The fraction of sp³-hybridized carbons (Fsp3) is 0.231. The molecule has 4 heteroatoms. The number of thiophene rings is 1. The van der Waals surface area contributed by atoms with Gasteiger partial charge in [-0.15, -0.1) is 0 Å². The van der Waals surface area contributed by atoms with Gasteiger partial charge in [0.15, 0.2) is 0 Å². The zero-order valence-electron chi connectivity index (χ0n) is 9.47. The van der Waals surface area contributed by atoms with Crippen molar-refractivity contribution >= 4 is 22.9 Å². The van der Waals surface area contributed by atoms with Gasteiger partial charge in [0.2, 0.25) is 0 Å². The zero-order valence-corrected chi connectivity index (χ0v) is 11.0. The van der Waals surface area contributed by atoms with Crippen LogP contribution in [0.3, 0.4) is 0 Å². The van der Waals surface area contributed by atoms with Crippen molar-refractivity contribution in [1.29, 1.82) is 0 Å². The molecule has 1 aromatic carbocycles. The van der Waals surface area contributed by atoms with Crippen molar-refractivity contribution in [3.63, 3.8) is 0 Å². The Kier molecular flexibility index (Phi) is 4.15. The number of hydrogen-bond donors (Lipinski definition) is 1. The lowest BCUT2D eigenvalue weighted by Crippen LogP contribution is -2.12. The summed E-state index contributed by atoms with van der Waals surface area (Å²) < 4.78 is 13.1. The molecule has 0 saturated carbocycles. The highest BCUT2D eigenvalue weighted by Gasteiger charge is 2.01. The first-order valence-corrected chi connectivity index (χ1v) is 6.64. The smallest absolute Gasteiger partial charge is 0.125 e. The highest BCUT2D eigenvalue weighted by Crippen LogP contribution is 2.15.